The number of amides is 1. The third-order valence-electron chi connectivity index (χ3n) is 10.9. The molecule has 2 aromatic carbocycles. The fraction of sp³-hybridized carbons (Fsp3) is 0.484. The number of halogens is 1. The molecule has 4 aliphatic carbocycles. The number of piperidine rings is 1. The Morgan fingerprint density at radius 2 is 1.97 bits per heavy atom. The van der Waals surface area contributed by atoms with E-state index in [1.807, 2.05) is 24.3 Å². The summed E-state index contributed by atoms with van der Waals surface area (Å²) in [6.45, 7) is 2.10. The lowest BCUT2D eigenvalue weighted by atomic mass is 9.64. The van der Waals surface area contributed by atoms with E-state index in [1.165, 1.54) is 16.0 Å². The van der Waals surface area contributed by atoms with E-state index in [1.54, 1.807) is 13.1 Å². The maximum absolute atomic E-state index is 13.9. The van der Waals surface area contributed by atoms with E-state index in [2.05, 4.69) is 37.1 Å². The first kappa shape index (κ1) is 23.1. The van der Waals surface area contributed by atoms with Crippen LogP contribution in [-0.2, 0) is 26.0 Å². The fourth-order valence-corrected chi connectivity index (χ4v) is 9.48. The third kappa shape index (κ3) is 2.38. The number of nitrogens with zero attached hydrogens (tertiary/aromatic N) is 2. The minimum absolute atomic E-state index is 0.00980. The van der Waals surface area contributed by atoms with Crippen molar-refractivity contribution in [3.63, 3.8) is 0 Å². The standard InChI is InChI=1S/C31H31ClN2O4/c1-17-11-12-19-24-25(17)38-27-22(14-13-20-26-31(19,33(26)2)16-29(20,24)27)37-28(36)34(3)30(15-7-6-10-23(30)35)18-8-4-5-9-21(18)32/h4-5,8-9,11-14,20,22,26-27H,6-7,10,15-16H2,1-3H3/t20-,22-,26-,27-,29-,30?,31-,33?/m0/s1. The highest BCUT2D eigenvalue weighted by Gasteiger charge is 2.85. The highest BCUT2D eigenvalue weighted by Crippen LogP contribution is 2.79. The Labute approximate surface area is 227 Å². The fourth-order valence-electron chi connectivity index (χ4n) is 9.19. The van der Waals surface area contributed by atoms with Crippen LogP contribution in [0.2, 0.25) is 5.02 Å². The number of ether oxygens (including phenoxy) is 2. The summed E-state index contributed by atoms with van der Waals surface area (Å²) in [6.07, 6.45) is 6.55. The molecule has 2 saturated carbocycles. The van der Waals surface area contributed by atoms with Crippen molar-refractivity contribution in [1.29, 1.82) is 0 Å². The van der Waals surface area contributed by atoms with E-state index in [-0.39, 0.29) is 22.8 Å². The van der Waals surface area contributed by atoms with Gasteiger partial charge in [0.15, 0.2) is 11.9 Å². The number of Topliss-reactive ketones (excluding diaryl/α,β-unsaturated/α-hetero) is 1. The lowest BCUT2D eigenvalue weighted by Gasteiger charge is -2.45. The van der Waals surface area contributed by atoms with Crippen LogP contribution in [0.25, 0.3) is 0 Å². The van der Waals surface area contributed by atoms with Crippen LogP contribution in [0.15, 0.2) is 48.6 Å². The smallest absolute Gasteiger partial charge is 0.411 e. The predicted octanol–water partition coefficient (Wildman–Crippen LogP) is 5.24. The zero-order valence-corrected chi connectivity index (χ0v) is 22.6. The van der Waals surface area contributed by atoms with Crippen LogP contribution in [0.5, 0.6) is 5.75 Å². The van der Waals surface area contributed by atoms with Crippen LogP contribution >= 0.6 is 11.6 Å². The summed E-state index contributed by atoms with van der Waals surface area (Å²) in [6, 6.07) is 12.3. The maximum Gasteiger partial charge on any atom is 0.411 e. The van der Waals surface area contributed by atoms with Crippen molar-refractivity contribution in [2.24, 2.45) is 5.92 Å². The number of carbonyl (C=O) groups excluding carboxylic acids is 2. The summed E-state index contributed by atoms with van der Waals surface area (Å²) in [4.78, 5) is 31.5. The van der Waals surface area contributed by atoms with Crippen LogP contribution < -0.4 is 4.74 Å². The van der Waals surface area contributed by atoms with E-state index < -0.39 is 17.7 Å². The SMILES string of the molecule is Cc1ccc2c3c1O[C@H]1[C@@H](OC(=O)N(C)C4(c5ccccc5Cl)CCCCC4=O)C=C[C@H]4[C@@H]5N(C)[C@@]25C[C@@]341. The summed E-state index contributed by atoms with van der Waals surface area (Å²) in [7, 11) is 3.91. The molecule has 2 bridgehead atoms. The molecule has 196 valence electrons. The van der Waals surface area contributed by atoms with Crippen molar-refractivity contribution in [2.45, 2.75) is 73.8 Å². The van der Waals surface area contributed by atoms with Gasteiger partial charge in [-0.1, -0.05) is 48.0 Å². The van der Waals surface area contributed by atoms with Crippen LogP contribution in [0.1, 0.15) is 54.4 Å². The van der Waals surface area contributed by atoms with Crippen molar-refractivity contribution in [3.05, 3.63) is 75.8 Å². The van der Waals surface area contributed by atoms with Gasteiger partial charge in [-0.2, -0.15) is 0 Å². The van der Waals surface area contributed by atoms with E-state index in [0.717, 1.165) is 30.6 Å². The molecule has 3 fully saturated rings. The van der Waals surface area contributed by atoms with Gasteiger partial charge >= 0.3 is 6.09 Å². The van der Waals surface area contributed by atoms with Crippen molar-refractivity contribution in [1.82, 2.24) is 9.80 Å². The van der Waals surface area contributed by atoms with Gasteiger partial charge in [-0.25, -0.2) is 4.79 Å². The Morgan fingerprint density at radius 3 is 2.76 bits per heavy atom. The Hall–Kier alpha value is -2.83. The Bertz CT molecular complexity index is 1470. The molecule has 0 N–H and O–H groups in total. The summed E-state index contributed by atoms with van der Waals surface area (Å²) in [5.74, 6) is 1.33. The zero-order valence-electron chi connectivity index (χ0n) is 21.9. The van der Waals surface area contributed by atoms with E-state index in [9.17, 15) is 9.59 Å². The monoisotopic (exact) mass is 530 g/mol. The van der Waals surface area contributed by atoms with E-state index in [4.69, 9.17) is 21.1 Å². The molecule has 0 aromatic heterocycles. The second-order valence-electron chi connectivity index (χ2n) is 12.2. The summed E-state index contributed by atoms with van der Waals surface area (Å²) >= 11 is 6.62. The first-order valence-electron chi connectivity index (χ1n) is 13.7. The molecule has 1 saturated heterocycles. The summed E-state index contributed by atoms with van der Waals surface area (Å²) < 4.78 is 13.0. The average molecular weight is 531 g/mol. The lowest BCUT2D eigenvalue weighted by Crippen LogP contribution is -2.57. The van der Waals surface area contributed by atoms with Gasteiger partial charge in [0.1, 0.15) is 17.4 Å². The van der Waals surface area contributed by atoms with Gasteiger partial charge in [-0.3, -0.25) is 14.6 Å². The minimum Gasteiger partial charge on any atom is -0.485 e. The number of carbonyl (C=O) groups is 2. The molecule has 2 unspecified atom stereocenters. The maximum atomic E-state index is 13.9. The molecule has 6 nitrogen and oxygen atoms in total. The number of benzene rings is 2. The highest BCUT2D eigenvalue weighted by molar-refractivity contribution is 6.31. The first-order chi connectivity index (χ1) is 18.3. The molecule has 1 amide bonds. The summed E-state index contributed by atoms with van der Waals surface area (Å²) in [5, 5.41) is 0.491. The number of hydrogen-bond acceptors (Lipinski definition) is 5. The highest BCUT2D eigenvalue weighted by atomic mass is 35.5. The molecule has 8 atom stereocenters. The number of aryl methyl sites for hydroxylation is 1. The predicted molar refractivity (Wildman–Crippen MR) is 142 cm³/mol. The van der Waals surface area contributed by atoms with Gasteiger partial charge in [0.25, 0.3) is 0 Å². The number of likely N-dealkylation sites (N-methyl/N-ethyl adjacent to an activating group) is 2. The summed E-state index contributed by atoms with van der Waals surface area (Å²) in [5.41, 5.74) is 3.30. The quantitative estimate of drug-likeness (QED) is 0.401. The van der Waals surface area contributed by atoms with E-state index in [0.29, 0.717) is 35.4 Å². The Kier molecular flexibility index (Phi) is 4.39. The van der Waals surface area contributed by atoms with Crippen LogP contribution in [0.4, 0.5) is 4.79 Å². The van der Waals surface area contributed by atoms with Crippen LogP contribution in [0.3, 0.4) is 0 Å². The molecular weight excluding hydrogens is 500 g/mol. The second-order valence-corrected chi connectivity index (χ2v) is 12.6. The first-order valence-corrected chi connectivity index (χ1v) is 14.1. The molecule has 2 heterocycles. The van der Waals surface area contributed by atoms with Crippen molar-refractivity contribution in [3.8, 4) is 5.75 Å². The third-order valence-corrected chi connectivity index (χ3v) is 11.2. The number of hydrogen-bond donors (Lipinski definition) is 0. The molecule has 6 aliphatic rings. The number of fused-ring (bicyclic) bond motifs is 1. The zero-order chi connectivity index (χ0) is 26.2. The topological polar surface area (TPSA) is 58.9 Å². The molecule has 2 spiro atoms. The Morgan fingerprint density at radius 1 is 1.16 bits per heavy atom. The molecule has 0 radical (unpaired) electrons. The molecule has 38 heavy (non-hydrogen) atoms. The molecule has 2 aliphatic heterocycles. The van der Waals surface area contributed by atoms with Gasteiger partial charge in [-0.05, 0) is 62.9 Å². The van der Waals surface area contributed by atoms with Gasteiger partial charge in [-0.15, -0.1) is 0 Å². The van der Waals surface area contributed by atoms with Gasteiger partial charge < -0.3 is 9.47 Å². The number of likely N-dealkylation sites (tertiary alicyclic amines) is 1. The largest absolute Gasteiger partial charge is 0.485 e. The molecular formula is C31H31ClN2O4. The number of rotatable bonds is 3. The molecule has 2 aromatic rings. The van der Waals surface area contributed by atoms with Gasteiger partial charge in [0, 0.05) is 41.6 Å². The van der Waals surface area contributed by atoms with Gasteiger partial charge in [0.2, 0.25) is 0 Å². The number of ketones is 1. The average Bonchev–Trinajstić information content (AvgIpc) is 3.20. The van der Waals surface area contributed by atoms with Crippen molar-refractivity contribution in [2.75, 3.05) is 14.1 Å². The Balaban J connectivity index is 1.16. The second kappa shape index (κ2) is 7.22. The normalized spacial score (nSPS) is 40.4. The van der Waals surface area contributed by atoms with E-state index >= 15 is 0 Å². The molecule has 7 heteroatoms. The molecule has 8 rings (SSSR count). The van der Waals surface area contributed by atoms with Crippen molar-refractivity contribution >= 4 is 23.5 Å². The van der Waals surface area contributed by atoms with Crippen molar-refractivity contribution < 1.29 is 19.1 Å². The minimum atomic E-state index is -1.13. The van der Waals surface area contributed by atoms with Crippen LogP contribution in [0, 0.1) is 12.8 Å². The van der Waals surface area contributed by atoms with Crippen LogP contribution in [-0.4, -0.2) is 54.0 Å². The van der Waals surface area contributed by atoms with Gasteiger partial charge in [0.05, 0.1) is 11.0 Å². The lowest BCUT2D eigenvalue weighted by molar-refractivity contribution is -0.133.